The van der Waals surface area contributed by atoms with Crippen LogP contribution in [0.15, 0.2) is 18.2 Å². The van der Waals surface area contributed by atoms with E-state index in [4.69, 9.17) is 9.47 Å². The molecule has 2 aliphatic heterocycles. The van der Waals surface area contributed by atoms with E-state index in [-0.39, 0.29) is 6.10 Å². The van der Waals surface area contributed by atoms with Gasteiger partial charge < -0.3 is 30.7 Å². The number of nitrogens with one attached hydrogen (secondary N) is 4. The maximum atomic E-state index is 6.29. The molecule has 4 N–H and O–H groups in total. The highest BCUT2D eigenvalue weighted by Crippen LogP contribution is 2.22. The number of aryl methyl sites for hydroxylation is 2. The minimum atomic E-state index is 0.283. The number of anilines is 1. The van der Waals surface area contributed by atoms with Crippen LogP contribution in [-0.2, 0) is 9.47 Å². The zero-order valence-corrected chi connectivity index (χ0v) is 24.4. The van der Waals surface area contributed by atoms with Gasteiger partial charge in [0.1, 0.15) is 0 Å². The molecule has 37 heavy (non-hydrogen) atoms. The molecule has 6 atom stereocenters. The molecule has 1 aromatic rings. The van der Waals surface area contributed by atoms with E-state index in [9.17, 15) is 0 Å². The molecule has 3 rings (SSSR count). The molecule has 6 heteroatoms. The van der Waals surface area contributed by atoms with Crippen LogP contribution in [0.2, 0.25) is 0 Å². The smallest absolute Gasteiger partial charge is 0.0623 e. The molecule has 3 unspecified atom stereocenters. The highest BCUT2D eigenvalue weighted by atomic mass is 16.5. The van der Waals surface area contributed by atoms with E-state index in [1.165, 1.54) is 68.2 Å². The third-order valence-electron chi connectivity index (χ3n) is 8.33. The first kappa shape index (κ1) is 30.4. The Morgan fingerprint density at radius 2 is 1.73 bits per heavy atom. The van der Waals surface area contributed by atoms with Crippen LogP contribution in [0.5, 0.6) is 0 Å². The Labute approximate surface area is 227 Å². The lowest BCUT2D eigenvalue weighted by molar-refractivity contribution is 0.0384. The van der Waals surface area contributed by atoms with E-state index in [0.717, 1.165) is 39.3 Å². The lowest BCUT2D eigenvalue weighted by Gasteiger charge is -2.23. The van der Waals surface area contributed by atoms with Crippen molar-refractivity contribution < 1.29 is 9.47 Å². The van der Waals surface area contributed by atoms with Gasteiger partial charge in [-0.3, -0.25) is 0 Å². The van der Waals surface area contributed by atoms with E-state index in [0.29, 0.717) is 30.1 Å². The van der Waals surface area contributed by atoms with Gasteiger partial charge in [0.2, 0.25) is 0 Å². The van der Waals surface area contributed by atoms with Gasteiger partial charge in [0, 0.05) is 43.0 Å². The van der Waals surface area contributed by atoms with Gasteiger partial charge in [-0.2, -0.15) is 0 Å². The van der Waals surface area contributed by atoms with Gasteiger partial charge in [-0.15, -0.1) is 0 Å². The van der Waals surface area contributed by atoms with E-state index in [2.05, 4.69) is 74.2 Å². The van der Waals surface area contributed by atoms with Crippen LogP contribution < -0.4 is 21.3 Å². The summed E-state index contributed by atoms with van der Waals surface area (Å²) in [6.07, 6.45) is 11.3. The first-order valence-corrected chi connectivity index (χ1v) is 15.1. The van der Waals surface area contributed by atoms with Crippen molar-refractivity contribution in [3.8, 4) is 0 Å². The Morgan fingerprint density at radius 1 is 0.973 bits per heavy atom. The predicted molar refractivity (Wildman–Crippen MR) is 157 cm³/mol. The fraction of sp³-hybridized carbons (Fsp3) is 0.806. The number of ether oxygens (including phenoxy) is 2. The second-order valence-electron chi connectivity index (χ2n) is 11.9. The molecule has 0 amide bonds. The van der Waals surface area contributed by atoms with Crippen LogP contribution in [0, 0.1) is 19.8 Å². The van der Waals surface area contributed by atoms with Crippen molar-refractivity contribution in [2.24, 2.45) is 5.92 Å². The van der Waals surface area contributed by atoms with Crippen molar-refractivity contribution in [1.82, 2.24) is 16.0 Å². The molecular weight excluding hydrogens is 460 g/mol. The summed E-state index contributed by atoms with van der Waals surface area (Å²) in [7, 11) is 2.07. The SMILES string of the molecule is CN[C@@H](CCCCC(C)COC[C@@H]1CCCN1)COC(C)CC1CC[C@@H](CNc2c(C)cccc2C)N1. The number of hydrogen-bond acceptors (Lipinski definition) is 6. The van der Waals surface area contributed by atoms with Gasteiger partial charge in [-0.25, -0.2) is 0 Å². The van der Waals surface area contributed by atoms with E-state index in [1.54, 1.807) is 0 Å². The molecule has 2 aliphatic rings. The van der Waals surface area contributed by atoms with Crippen LogP contribution in [0.1, 0.15) is 82.8 Å². The Morgan fingerprint density at radius 3 is 2.46 bits per heavy atom. The van der Waals surface area contributed by atoms with Crippen LogP contribution in [0.3, 0.4) is 0 Å². The Hall–Kier alpha value is -1.18. The summed E-state index contributed by atoms with van der Waals surface area (Å²) in [5, 5.41) is 14.5. The maximum absolute atomic E-state index is 6.29. The Balaban J connectivity index is 1.22. The van der Waals surface area contributed by atoms with Gasteiger partial charge >= 0.3 is 0 Å². The number of benzene rings is 1. The lowest BCUT2D eigenvalue weighted by atomic mass is 10.0. The summed E-state index contributed by atoms with van der Waals surface area (Å²) in [4.78, 5) is 0. The Kier molecular flexibility index (Phi) is 13.7. The van der Waals surface area contributed by atoms with Crippen molar-refractivity contribution in [2.75, 3.05) is 45.3 Å². The molecule has 212 valence electrons. The fourth-order valence-corrected chi connectivity index (χ4v) is 5.91. The molecule has 0 aromatic heterocycles. The minimum absolute atomic E-state index is 0.283. The van der Waals surface area contributed by atoms with Crippen molar-refractivity contribution in [1.29, 1.82) is 0 Å². The van der Waals surface area contributed by atoms with E-state index in [1.807, 2.05) is 0 Å². The molecule has 0 spiro atoms. The van der Waals surface area contributed by atoms with Crippen molar-refractivity contribution in [3.05, 3.63) is 29.3 Å². The molecule has 6 nitrogen and oxygen atoms in total. The normalized spacial score (nSPS) is 24.3. The van der Waals surface area contributed by atoms with Crippen LogP contribution >= 0.6 is 0 Å². The zero-order chi connectivity index (χ0) is 26.5. The highest BCUT2D eigenvalue weighted by Gasteiger charge is 2.25. The number of para-hydroxylation sites is 1. The molecule has 0 radical (unpaired) electrons. The van der Waals surface area contributed by atoms with Crippen molar-refractivity contribution >= 4 is 5.69 Å². The second kappa shape index (κ2) is 16.7. The van der Waals surface area contributed by atoms with Crippen molar-refractivity contribution in [3.63, 3.8) is 0 Å². The molecule has 2 saturated heterocycles. The minimum Gasteiger partial charge on any atom is -0.383 e. The summed E-state index contributed by atoms with van der Waals surface area (Å²) in [6, 6.07) is 8.62. The molecule has 0 aliphatic carbocycles. The quantitative estimate of drug-likeness (QED) is 0.202. The molecule has 2 fully saturated rings. The number of hydrogen-bond donors (Lipinski definition) is 4. The third kappa shape index (κ3) is 11.2. The topological polar surface area (TPSA) is 66.6 Å². The van der Waals surface area contributed by atoms with Gasteiger partial charge in [0.15, 0.2) is 0 Å². The summed E-state index contributed by atoms with van der Waals surface area (Å²) in [5.74, 6) is 0.643. The summed E-state index contributed by atoms with van der Waals surface area (Å²) in [6.45, 7) is 13.6. The lowest BCUT2D eigenvalue weighted by Crippen LogP contribution is -2.37. The first-order valence-electron chi connectivity index (χ1n) is 15.1. The molecule has 2 heterocycles. The number of likely N-dealkylation sites (N-methyl/N-ethyl adjacent to an activating group) is 1. The monoisotopic (exact) mass is 516 g/mol. The van der Waals surface area contributed by atoms with Crippen LogP contribution in [-0.4, -0.2) is 70.2 Å². The van der Waals surface area contributed by atoms with Crippen LogP contribution in [0.25, 0.3) is 0 Å². The van der Waals surface area contributed by atoms with Crippen molar-refractivity contribution in [2.45, 2.75) is 116 Å². The third-order valence-corrected chi connectivity index (χ3v) is 8.33. The molecule has 0 saturated carbocycles. The average molecular weight is 517 g/mol. The standard InChI is InChI=1S/C31H56N4O2/c1-23(20-36-21-30-14-9-17-33-30)10-6-7-13-29(32-5)22-37-26(4)18-27-15-16-28(35-27)19-34-31-24(2)11-8-12-25(31)3/h8,11-12,23,26-30,32-35H,6-7,9-10,13-22H2,1-5H3/t23?,26?,27?,28-,29-,30-/m0/s1. The van der Waals surface area contributed by atoms with Gasteiger partial charge in [0.25, 0.3) is 0 Å². The van der Waals surface area contributed by atoms with E-state index >= 15 is 0 Å². The molecule has 1 aromatic carbocycles. The first-order chi connectivity index (χ1) is 17.9. The fourth-order valence-electron chi connectivity index (χ4n) is 5.91. The second-order valence-corrected chi connectivity index (χ2v) is 11.9. The summed E-state index contributed by atoms with van der Waals surface area (Å²) in [5.41, 5.74) is 3.94. The number of rotatable bonds is 18. The van der Waals surface area contributed by atoms with Gasteiger partial charge in [0.05, 0.1) is 19.3 Å². The van der Waals surface area contributed by atoms with Gasteiger partial charge in [-0.05, 0) is 96.4 Å². The predicted octanol–water partition coefficient (Wildman–Crippen LogP) is 5.18. The molecule has 0 bridgehead atoms. The molecular formula is C31H56N4O2. The van der Waals surface area contributed by atoms with Crippen LogP contribution in [0.4, 0.5) is 5.69 Å². The largest absolute Gasteiger partial charge is 0.383 e. The summed E-state index contributed by atoms with van der Waals surface area (Å²) < 4.78 is 12.2. The van der Waals surface area contributed by atoms with Gasteiger partial charge in [-0.1, -0.05) is 38.0 Å². The van der Waals surface area contributed by atoms with E-state index < -0.39 is 0 Å². The zero-order valence-electron chi connectivity index (χ0n) is 24.4. The number of unbranched alkanes of at least 4 members (excludes halogenated alkanes) is 1. The summed E-state index contributed by atoms with van der Waals surface area (Å²) >= 11 is 0. The Bertz CT molecular complexity index is 734. The highest BCUT2D eigenvalue weighted by molar-refractivity contribution is 5.56. The maximum Gasteiger partial charge on any atom is 0.0623 e. The average Bonchev–Trinajstić information content (AvgIpc) is 3.55.